The van der Waals surface area contributed by atoms with Gasteiger partial charge in [0.2, 0.25) is 0 Å². The van der Waals surface area contributed by atoms with Crippen LogP contribution in [0.2, 0.25) is 0 Å². The van der Waals surface area contributed by atoms with Crippen LogP contribution < -0.4 is 9.47 Å². The summed E-state index contributed by atoms with van der Waals surface area (Å²) < 4.78 is 24.4. The number of ether oxygens (including phenoxy) is 4. The molecule has 0 unspecified atom stereocenters. The molecule has 0 aliphatic carbocycles. The van der Waals surface area contributed by atoms with Crippen molar-refractivity contribution in [1.82, 2.24) is 0 Å². The Kier molecular flexibility index (Phi) is 6.49. The van der Waals surface area contributed by atoms with Crippen molar-refractivity contribution in [2.75, 3.05) is 20.0 Å². The molecule has 1 aliphatic heterocycles. The molecule has 0 saturated carbocycles. The summed E-state index contributed by atoms with van der Waals surface area (Å²) in [5.74, 6) is 1.63. The molecule has 0 saturated heterocycles. The molecule has 0 bridgehead atoms. The molecule has 4 heteroatoms. The summed E-state index contributed by atoms with van der Waals surface area (Å²) >= 11 is 0. The fourth-order valence-corrected chi connectivity index (χ4v) is 4.75. The van der Waals surface area contributed by atoms with E-state index in [4.69, 9.17) is 18.9 Å². The van der Waals surface area contributed by atoms with E-state index in [1.807, 2.05) is 18.2 Å². The van der Waals surface area contributed by atoms with Crippen LogP contribution in [0.15, 0.2) is 103 Å². The minimum atomic E-state index is -0.301. The molecule has 0 aromatic heterocycles. The maximum Gasteiger partial charge on any atom is 0.188 e. The van der Waals surface area contributed by atoms with Crippen molar-refractivity contribution in [2.24, 2.45) is 0 Å². The van der Waals surface area contributed by atoms with Gasteiger partial charge in [0.15, 0.2) is 6.79 Å². The molecule has 4 nitrogen and oxygen atoms in total. The second kappa shape index (κ2) is 10.4. The predicted molar refractivity (Wildman–Crippen MR) is 149 cm³/mol. The van der Waals surface area contributed by atoms with Crippen LogP contribution in [0.1, 0.15) is 11.1 Å². The molecule has 0 spiro atoms. The first kappa shape index (κ1) is 23.1. The number of fused-ring (bicyclic) bond motifs is 7. The van der Waals surface area contributed by atoms with E-state index in [1.165, 1.54) is 5.56 Å². The van der Waals surface area contributed by atoms with Crippen molar-refractivity contribution in [3.05, 3.63) is 114 Å². The number of rotatable bonds is 5. The lowest BCUT2D eigenvalue weighted by atomic mass is 9.92. The summed E-state index contributed by atoms with van der Waals surface area (Å²) in [6, 6.07) is 33.3. The van der Waals surface area contributed by atoms with Gasteiger partial charge in [-0.3, -0.25) is 0 Å². The molecule has 0 N–H and O–H groups in total. The lowest BCUT2D eigenvalue weighted by Gasteiger charge is -2.18. The van der Waals surface area contributed by atoms with Crippen LogP contribution in [0.25, 0.3) is 38.7 Å². The van der Waals surface area contributed by atoms with Crippen molar-refractivity contribution in [3.8, 4) is 22.6 Å². The van der Waals surface area contributed by atoms with Crippen molar-refractivity contribution in [2.45, 2.75) is 13.0 Å². The average Bonchev–Trinajstić information content (AvgIpc) is 3.02. The summed E-state index contributed by atoms with van der Waals surface area (Å²) in [6.07, 6.45) is 3.27. The van der Waals surface area contributed by atoms with Crippen LogP contribution in [0, 0.1) is 6.92 Å². The Balaban J connectivity index is 1.28. The number of aryl methyl sites for hydroxylation is 1. The van der Waals surface area contributed by atoms with Gasteiger partial charge >= 0.3 is 0 Å². The number of benzene rings is 5. The average molecular weight is 489 g/mol. The lowest BCUT2D eigenvalue weighted by Crippen LogP contribution is -2.29. The Morgan fingerprint density at radius 3 is 1.86 bits per heavy atom. The summed E-state index contributed by atoms with van der Waals surface area (Å²) in [7, 11) is 0. The Labute approximate surface area is 216 Å². The van der Waals surface area contributed by atoms with Gasteiger partial charge in [-0.15, -0.1) is 0 Å². The van der Waals surface area contributed by atoms with Crippen LogP contribution in [-0.2, 0) is 9.47 Å². The van der Waals surface area contributed by atoms with E-state index in [2.05, 4.69) is 91.9 Å². The summed E-state index contributed by atoms with van der Waals surface area (Å²) in [5, 5.41) is 4.57. The molecule has 184 valence electrons. The Hall–Kier alpha value is -4.28. The monoisotopic (exact) mass is 488 g/mol. The maximum absolute atomic E-state index is 6.39. The van der Waals surface area contributed by atoms with E-state index in [-0.39, 0.29) is 12.9 Å². The van der Waals surface area contributed by atoms with Gasteiger partial charge in [-0.25, -0.2) is 0 Å². The molecule has 1 heterocycles. The van der Waals surface area contributed by atoms with Crippen LogP contribution in [0.4, 0.5) is 0 Å². The lowest BCUT2D eigenvalue weighted by molar-refractivity contribution is -0.0832. The third-order valence-electron chi connectivity index (χ3n) is 6.69. The summed E-state index contributed by atoms with van der Waals surface area (Å²) in [5.41, 5.74) is 4.39. The topological polar surface area (TPSA) is 36.9 Å². The van der Waals surface area contributed by atoms with Crippen molar-refractivity contribution >= 4 is 27.6 Å². The number of hydrogen-bond acceptors (Lipinski definition) is 4. The fraction of sp³-hybridized carbons (Fsp3) is 0.152. The molecular formula is C33H28O4. The van der Waals surface area contributed by atoms with Gasteiger partial charge in [-0.1, -0.05) is 90.5 Å². The molecular weight excluding hydrogens is 460 g/mol. The highest BCUT2D eigenvalue weighted by Crippen LogP contribution is 2.46. The van der Waals surface area contributed by atoms with E-state index in [9.17, 15) is 0 Å². The standard InChI is InChI=1S/C33H28O4/c1-23-10-12-24(13-11-23)18-19-34-22-37-27-20-35-30-16-14-25-6-2-4-8-28(25)32(30)33-29-9-5-3-7-26(29)15-17-31(33)36-21-27/h2-19,27H,20-22H2,1H3/b19-18+. The van der Waals surface area contributed by atoms with Crippen molar-refractivity contribution in [3.63, 3.8) is 0 Å². The van der Waals surface area contributed by atoms with E-state index >= 15 is 0 Å². The van der Waals surface area contributed by atoms with Gasteiger partial charge in [0.05, 0.1) is 6.26 Å². The summed E-state index contributed by atoms with van der Waals surface area (Å²) in [4.78, 5) is 0. The first-order chi connectivity index (χ1) is 18.3. The highest BCUT2D eigenvalue weighted by atomic mass is 16.7. The third-order valence-corrected chi connectivity index (χ3v) is 6.69. The van der Waals surface area contributed by atoms with Gasteiger partial charge in [-0.05, 0) is 52.2 Å². The van der Waals surface area contributed by atoms with Gasteiger partial charge < -0.3 is 18.9 Å². The molecule has 5 aromatic carbocycles. The molecule has 0 amide bonds. The third kappa shape index (κ3) is 4.89. The summed E-state index contributed by atoms with van der Waals surface area (Å²) in [6.45, 7) is 2.88. The minimum absolute atomic E-state index is 0.106. The van der Waals surface area contributed by atoms with Gasteiger partial charge in [0.25, 0.3) is 0 Å². The maximum atomic E-state index is 6.39. The van der Waals surface area contributed by atoms with Crippen molar-refractivity contribution < 1.29 is 18.9 Å². The Morgan fingerprint density at radius 2 is 1.27 bits per heavy atom. The van der Waals surface area contributed by atoms with Crippen LogP contribution in [-0.4, -0.2) is 26.1 Å². The zero-order valence-corrected chi connectivity index (χ0v) is 20.7. The molecule has 6 rings (SSSR count). The number of hydrogen-bond donors (Lipinski definition) is 0. The van der Waals surface area contributed by atoms with Gasteiger partial charge in [0.1, 0.15) is 30.8 Å². The van der Waals surface area contributed by atoms with Gasteiger partial charge in [0, 0.05) is 11.1 Å². The van der Waals surface area contributed by atoms with Crippen molar-refractivity contribution in [1.29, 1.82) is 0 Å². The minimum Gasteiger partial charge on any atom is -0.490 e. The van der Waals surface area contributed by atoms with E-state index in [0.29, 0.717) is 13.2 Å². The van der Waals surface area contributed by atoms with E-state index in [0.717, 1.165) is 49.7 Å². The molecule has 0 radical (unpaired) electrons. The molecule has 0 fully saturated rings. The Bertz CT molecular complexity index is 1480. The highest BCUT2D eigenvalue weighted by molar-refractivity contribution is 6.09. The van der Waals surface area contributed by atoms with Crippen LogP contribution in [0.3, 0.4) is 0 Å². The predicted octanol–water partition coefficient (Wildman–Crippen LogP) is 7.77. The Morgan fingerprint density at radius 1 is 0.703 bits per heavy atom. The molecule has 0 atom stereocenters. The van der Waals surface area contributed by atoms with Crippen LogP contribution in [0.5, 0.6) is 11.5 Å². The molecule has 5 aromatic rings. The normalized spacial score (nSPS) is 13.8. The highest BCUT2D eigenvalue weighted by Gasteiger charge is 2.23. The quantitative estimate of drug-likeness (QED) is 0.144. The van der Waals surface area contributed by atoms with E-state index in [1.54, 1.807) is 6.26 Å². The SMILES string of the molecule is Cc1ccc(/C=C/OCOC2COc3ccc4ccccc4c3-c3c(ccc4ccccc34)OC2)cc1. The second-order valence-electron chi connectivity index (χ2n) is 9.23. The zero-order valence-electron chi connectivity index (χ0n) is 20.7. The van der Waals surface area contributed by atoms with Gasteiger partial charge in [-0.2, -0.15) is 0 Å². The first-order valence-corrected chi connectivity index (χ1v) is 12.5. The molecule has 1 aliphatic rings. The smallest absolute Gasteiger partial charge is 0.188 e. The van der Waals surface area contributed by atoms with Crippen LogP contribution >= 0.6 is 0 Å². The van der Waals surface area contributed by atoms with E-state index < -0.39 is 0 Å². The fourth-order valence-electron chi connectivity index (χ4n) is 4.75. The first-order valence-electron chi connectivity index (χ1n) is 12.5. The second-order valence-corrected chi connectivity index (χ2v) is 9.23. The zero-order chi connectivity index (χ0) is 25.0. The molecule has 37 heavy (non-hydrogen) atoms. The largest absolute Gasteiger partial charge is 0.490 e.